The monoisotopic (exact) mass is 693 g/mol. The second kappa shape index (κ2) is 11.9. The molecule has 0 bridgehead atoms. The summed E-state index contributed by atoms with van der Waals surface area (Å²) in [5, 5.41) is 15.9. The fourth-order valence-corrected chi connectivity index (χ4v) is 8.04. The molecule has 49 heavy (non-hydrogen) atoms. The van der Waals surface area contributed by atoms with Gasteiger partial charge in [-0.05, 0) is 67.0 Å². The average molecular weight is 694 g/mol. The number of rotatable bonds is 6. The van der Waals surface area contributed by atoms with Crippen molar-refractivity contribution in [3.05, 3.63) is 64.3 Å². The van der Waals surface area contributed by atoms with E-state index in [0.717, 1.165) is 24.6 Å². The maximum absolute atomic E-state index is 15.4. The second-order valence-corrected chi connectivity index (χ2v) is 14.1. The number of hydrogen-bond donors (Lipinski definition) is 4. The van der Waals surface area contributed by atoms with Crippen LogP contribution in [0.1, 0.15) is 42.1 Å². The first-order valence-electron chi connectivity index (χ1n) is 15.7. The van der Waals surface area contributed by atoms with E-state index in [1.807, 2.05) is 18.2 Å². The first kappa shape index (κ1) is 32.1. The summed E-state index contributed by atoms with van der Waals surface area (Å²) in [6.07, 6.45) is 1.99. The highest BCUT2D eigenvalue weighted by molar-refractivity contribution is 7.92. The van der Waals surface area contributed by atoms with E-state index in [2.05, 4.69) is 15.5 Å². The van der Waals surface area contributed by atoms with Crippen LogP contribution in [0.2, 0.25) is 0 Å². The lowest BCUT2D eigenvalue weighted by atomic mass is 9.96. The number of phenols is 1. The van der Waals surface area contributed by atoms with Crippen LogP contribution in [0.3, 0.4) is 0 Å². The SMILES string of the molecule is Cn1c(=O)n(C2CCC(=O)NC2=O)c2ccc(N3CCC(CNC(=O)c4ccc5c(F)c(N6CC(=O)NS6(=O)=O)c(O)cc5c4)CC3)cc21. The summed E-state index contributed by atoms with van der Waals surface area (Å²) in [6, 6.07) is 10.2. The number of aryl methyl sites for hydroxylation is 1. The van der Waals surface area contributed by atoms with Gasteiger partial charge in [-0.3, -0.25) is 33.6 Å². The van der Waals surface area contributed by atoms with Crippen molar-refractivity contribution in [1.29, 1.82) is 0 Å². The molecule has 3 fully saturated rings. The third kappa shape index (κ3) is 5.62. The highest BCUT2D eigenvalue weighted by atomic mass is 32.2. The standard InChI is InChI=1S/C32H32FN7O8S/c1-37-24-14-20(3-5-22(24)40(32(37)46)23-6-7-26(42)35-31(23)45)38-10-8-17(9-11-38)15-34-30(44)18-2-4-21-19(12-18)13-25(41)29(28(21)33)39-16-27(43)36-49(39,47)48/h2-5,12-14,17,23,41H,6-11,15-16H2,1H3,(H,34,44)(H,36,43)(H,35,42,45). The van der Waals surface area contributed by atoms with Crippen LogP contribution in [0.5, 0.6) is 5.75 Å². The lowest BCUT2D eigenvalue weighted by Crippen LogP contribution is -2.44. The predicted molar refractivity (Wildman–Crippen MR) is 176 cm³/mol. The molecule has 4 heterocycles. The fraction of sp³-hybridized carbons (Fsp3) is 0.344. The normalized spacial score (nSPS) is 19.8. The van der Waals surface area contributed by atoms with Gasteiger partial charge < -0.3 is 15.3 Å². The number of benzene rings is 3. The number of carbonyl (C=O) groups excluding carboxylic acids is 4. The molecular formula is C32H32FN7O8S. The van der Waals surface area contributed by atoms with E-state index in [4.69, 9.17) is 0 Å². The molecule has 4 aromatic rings. The molecule has 1 unspecified atom stereocenters. The van der Waals surface area contributed by atoms with Gasteiger partial charge in [-0.1, -0.05) is 6.07 Å². The molecule has 4 N–H and O–H groups in total. The van der Waals surface area contributed by atoms with Crippen molar-refractivity contribution >= 4 is 67.0 Å². The molecule has 0 saturated carbocycles. The van der Waals surface area contributed by atoms with Crippen LogP contribution < -0.4 is 30.3 Å². The number of phenolic OH excluding ortho intramolecular Hbond substituents is 1. The molecule has 0 spiro atoms. The highest BCUT2D eigenvalue weighted by Crippen LogP contribution is 2.38. The van der Waals surface area contributed by atoms with E-state index in [0.29, 0.717) is 35.0 Å². The summed E-state index contributed by atoms with van der Waals surface area (Å²) in [7, 11) is -2.70. The maximum atomic E-state index is 15.4. The van der Waals surface area contributed by atoms with Crippen molar-refractivity contribution in [2.24, 2.45) is 13.0 Å². The van der Waals surface area contributed by atoms with Crippen molar-refractivity contribution < 1.29 is 37.1 Å². The summed E-state index contributed by atoms with van der Waals surface area (Å²) >= 11 is 0. The lowest BCUT2D eigenvalue weighted by Gasteiger charge is -2.33. The largest absolute Gasteiger partial charge is 0.506 e. The number of nitrogens with zero attached hydrogens (tertiary/aromatic N) is 4. The van der Waals surface area contributed by atoms with Gasteiger partial charge in [0.25, 0.3) is 11.8 Å². The van der Waals surface area contributed by atoms with Gasteiger partial charge in [-0.15, -0.1) is 0 Å². The van der Waals surface area contributed by atoms with Crippen molar-refractivity contribution in [1.82, 2.24) is 24.5 Å². The molecule has 3 saturated heterocycles. The number of nitrogens with one attached hydrogen (secondary N) is 3. The van der Waals surface area contributed by atoms with Crippen molar-refractivity contribution in [3.63, 3.8) is 0 Å². The molecule has 1 aromatic heterocycles. The molecule has 256 valence electrons. The molecule has 4 amide bonds. The number of piperidine rings is 2. The van der Waals surface area contributed by atoms with Crippen LogP contribution in [0, 0.1) is 11.7 Å². The zero-order chi connectivity index (χ0) is 34.8. The summed E-state index contributed by atoms with van der Waals surface area (Å²) in [5.41, 5.74) is 1.46. The Morgan fingerprint density at radius 2 is 1.76 bits per heavy atom. The van der Waals surface area contributed by atoms with Crippen molar-refractivity contribution in [3.8, 4) is 5.75 Å². The number of imide groups is 1. The van der Waals surface area contributed by atoms with E-state index in [1.165, 1.54) is 27.3 Å². The molecule has 3 aromatic carbocycles. The first-order valence-corrected chi connectivity index (χ1v) is 17.1. The quantitative estimate of drug-likeness (QED) is 0.215. The van der Waals surface area contributed by atoms with E-state index in [9.17, 15) is 37.5 Å². The molecular weight excluding hydrogens is 661 g/mol. The maximum Gasteiger partial charge on any atom is 0.329 e. The number of carbonyl (C=O) groups is 4. The minimum Gasteiger partial charge on any atom is -0.506 e. The minimum absolute atomic E-state index is 0.0305. The van der Waals surface area contributed by atoms with Gasteiger partial charge in [0.1, 0.15) is 24.0 Å². The number of halogens is 1. The Balaban J connectivity index is 0.994. The molecule has 0 aliphatic carbocycles. The minimum atomic E-state index is -4.35. The lowest BCUT2D eigenvalue weighted by molar-refractivity contribution is -0.135. The number of hydrogen-bond acceptors (Lipinski definition) is 9. The van der Waals surface area contributed by atoms with E-state index < -0.39 is 57.8 Å². The Morgan fingerprint density at radius 1 is 1.00 bits per heavy atom. The Hall–Kier alpha value is -5.45. The third-order valence-corrected chi connectivity index (χ3v) is 10.9. The smallest absolute Gasteiger partial charge is 0.329 e. The summed E-state index contributed by atoms with van der Waals surface area (Å²) in [4.78, 5) is 64.1. The van der Waals surface area contributed by atoms with Crippen LogP contribution in [0.25, 0.3) is 21.8 Å². The van der Waals surface area contributed by atoms with Gasteiger partial charge in [0.2, 0.25) is 11.8 Å². The Bertz CT molecular complexity index is 2260. The molecule has 0 radical (unpaired) electrons. The summed E-state index contributed by atoms with van der Waals surface area (Å²) < 4.78 is 45.0. The average Bonchev–Trinajstić information content (AvgIpc) is 3.48. The van der Waals surface area contributed by atoms with Gasteiger partial charge >= 0.3 is 15.9 Å². The second-order valence-electron chi connectivity index (χ2n) is 12.5. The fourth-order valence-electron chi connectivity index (χ4n) is 6.87. The van der Waals surface area contributed by atoms with Gasteiger partial charge in [-0.25, -0.2) is 18.2 Å². The van der Waals surface area contributed by atoms with Crippen LogP contribution in [-0.4, -0.2) is 72.5 Å². The van der Waals surface area contributed by atoms with Crippen LogP contribution in [0.15, 0.2) is 47.3 Å². The van der Waals surface area contributed by atoms with Gasteiger partial charge in [0.05, 0.1) is 11.0 Å². The van der Waals surface area contributed by atoms with Crippen molar-refractivity contribution in [2.45, 2.75) is 31.7 Å². The number of aromatic hydroxyl groups is 1. The number of imidazole rings is 1. The van der Waals surface area contributed by atoms with Crippen LogP contribution >= 0.6 is 0 Å². The summed E-state index contributed by atoms with van der Waals surface area (Å²) in [6.45, 7) is 1.14. The molecule has 15 nitrogen and oxygen atoms in total. The number of fused-ring (bicyclic) bond motifs is 2. The summed E-state index contributed by atoms with van der Waals surface area (Å²) in [5.74, 6) is -3.63. The predicted octanol–water partition coefficient (Wildman–Crippen LogP) is 1.14. The van der Waals surface area contributed by atoms with Gasteiger partial charge in [-0.2, -0.15) is 8.42 Å². The molecule has 3 aliphatic heterocycles. The zero-order valence-corrected chi connectivity index (χ0v) is 27.0. The van der Waals surface area contributed by atoms with Gasteiger partial charge in [0.15, 0.2) is 5.82 Å². The number of aromatic nitrogens is 2. The number of anilines is 2. The number of amides is 4. The van der Waals surface area contributed by atoms with Crippen molar-refractivity contribution in [2.75, 3.05) is 35.4 Å². The Morgan fingerprint density at radius 3 is 2.45 bits per heavy atom. The van der Waals surface area contributed by atoms with Gasteiger partial charge in [0, 0.05) is 49.7 Å². The molecule has 7 rings (SSSR count). The van der Waals surface area contributed by atoms with Crippen LogP contribution in [0.4, 0.5) is 15.8 Å². The first-order chi connectivity index (χ1) is 23.3. The topological polar surface area (TPSA) is 192 Å². The highest BCUT2D eigenvalue weighted by Gasteiger charge is 2.38. The van der Waals surface area contributed by atoms with E-state index >= 15 is 4.39 Å². The third-order valence-electron chi connectivity index (χ3n) is 9.49. The van der Waals surface area contributed by atoms with E-state index in [-0.39, 0.29) is 46.7 Å². The molecule has 3 aliphatic rings. The Kier molecular flexibility index (Phi) is 7.80. The zero-order valence-electron chi connectivity index (χ0n) is 26.2. The Labute approximate surface area is 278 Å². The van der Waals surface area contributed by atoms with Crippen LogP contribution in [-0.2, 0) is 31.6 Å². The van der Waals surface area contributed by atoms with E-state index in [1.54, 1.807) is 11.8 Å². The molecule has 17 heteroatoms. The molecule has 1 atom stereocenters.